The minimum absolute atomic E-state index is 0.0421. The van der Waals surface area contributed by atoms with Crippen molar-refractivity contribution in [3.8, 4) is 0 Å². The molecule has 1 atom stereocenters. The fourth-order valence-corrected chi connectivity index (χ4v) is 4.86. The summed E-state index contributed by atoms with van der Waals surface area (Å²) >= 11 is 0. The molecule has 36 heavy (non-hydrogen) atoms. The molecule has 0 bridgehead atoms. The van der Waals surface area contributed by atoms with Crippen molar-refractivity contribution in [2.24, 2.45) is 0 Å². The maximum absolute atomic E-state index is 13.7. The van der Waals surface area contributed by atoms with E-state index in [0.29, 0.717) is 37.3 Å². The third-order valence-corrected chi connectivity index (χ3v) is 6.72. The van der Waals surface area contributed by atoms with E-state index >= 15 is 0 Å². The molecule has 3 aromatic rings. The molecule has 2 aliphatic rings. The second-order valence-electron chi connectivity index (χ2n) is 8.91. The van der Waals surface area contributed by atoms with E-state index < -0.39 is 17.6 Å². The maximum atomic E-state index is 13.7. The largest absolute Gasteiger partial charge is 0.467 e. The summed E-state index contributed by atoms with van der Waals surface area (Å²) in [4.78, 5) is 42.9. The van der Waals surface area contributed by atoms with Gasteiger partial charge in [0.15, 0.2) is 0 Å². The van der Waals surface area contributed by atoms with Gasteiger partial charge in [-0.25, -0.2) is 4.39 Å². The van der Waals surface area contributed by atoms with E-state index in [9.17, 15) is 18.8 Å². The smallest absolute Gasteiger partial charge is 0.256 e. The highest BCUT2D eigenvalue weighted by Gasteiger charge is 2.54. The van der Waals surface area contributed by atoms with Crippen LogP contribution in [0.3, 0.4) is 0 Å². The van der Waals surface area contributed by atoms with Gasteiger partial charge in [-0.15, -0.1) is 0 Å². The van der Waals surface area contributed by atoms with Crippen LogP contribution in [-0.4, -0.2) is 59.0 Å². The summed E-state index contributed by atoms with van der Waals surface area (Å²) in [5.41, 5.74) is -0.312. The normalized spacial score (nSPS) is 18.9. The number of benzene rings is 2. The van der Waals surface area contributed by atoms with Crippen LogP contribution in [0.25, 0.3) is 0 Å². The van der Waals surface area contributed by atoms with Crippen LogP contribution < -0.4 is 5.32 Å². The number of piperidine rings is 1. The Morgan fingerprint density at radius 2 is 1.69 bits per heavy atom. The van der Waals surface area contributed by atoms with Crippen molar-refractivity contribution in [2.75, 3.05) is 19.7 Å². The van der Waals surface area contributed by atoms with E-state index in [1.165, 1.54) is 29.4 Å². The number of halogens is 1. The maximum Gasteiger partial charge on any atom is 0.256 e. The molecule has 2 aromatic carbocycles. The van der Waals surface area contributed by atoms with Crippen LogP contribution in [0.2, 0.25) is 0 Å². The summed E-state index contributed by atoms with van der Waals surface area (Å²) in [6.45, 7) is 0.836. The van der Waals surface area contributed by atoms with Gasteiger partial charge in [0.05, 0.1) is 19.4 Å². The van der Waals surface area contributed by atoms with Gasteiger partial charge in [0, 0.05) is 37.1 Å². The number of nitrogens with zero attached hydrogens (tertiary/aromatic N) is 2. The van der Waals surface area contributed by atoms with E-state index in [0.717, 1.165) is 0 Å². The van der Waals surface area contributed by atoms with Crippen LogP contribution in [0, 0.1) is 5.82 Å². The molecule has 1 spiro atoms. The fourth-order valence-electron chi connectivity index (χ4n) is 4.86. The lowest BCUT2D eigenvalue weighted by atomic mass is 9.96. The summed E-state index contributed by atoms with van der Waals surface area (Å²) < 4.78 is 25.1. The lowest BCUT2D eigenvalue weighted by Crippen LogP contribution is -2.59. The number of carbonyl (C=O) groups excluding carboxylic acids is 3. The zero-order chi connectivity index (χ0) is 25.1. The van der Waals surface area contributed by atoms with E-state index in [2.05, 4.69) is 5.32 Å². The predicted molar refractivity (Wildman–Crippen MR) is 127 cm³/mol. The predicted octanol–water partition coefficient (Wildman–Crippen LogP) is 3.21. The van der Waals surface area contributed by atoms with Crippen molar-refractivity contribution in [1.82, 2.24) is 15.1 Å². The summed E-state index contributed by atoms with van der Waals surface area (Å²) in [7, 11) is 0. The molecule has 9 heteroatoms. The zero-order valence-electron chi connectivity index (χ0n) is 19.6. The third-order valence-electron chi connectivity index (χ3n) is 6.72. The Kier molecular flexibility index (Phi) is 6.56. The first-order chi connectivity index (χ1) is 17.5. The molecule has 0 aliphatic carbocycles. The highest BCUT2D eigenvalue weighted by molar-refractivity contribution is 5.98. The van der Waals surface area contributed by atoms with Crippen molar-refractivity contribution in [1.29, 1.82) is 0 Å². The van der Waals surface area contributed by atoms with Crippen molar-refractivity contribution in [3.63, 3.8) is 0 Å². The lowest BCUT2D eigenvalue weighted by molar-refractivity contribution is -0.128. The van der Waals surface area contributed by atoms with Crippen LogP contribution in [0.5, 0.6) is 0 Å². The molecule has 186 valence electrons. The topological polar surface area (TPSA) is 92.1 Å². The van der Waals surface area contributed by atoms with Gasteiger partial charge in [0.1, 0.15) is 23.3 Å². The molecule has 8 nitrogen and oxygen atoms in total. The Balaban J connectivity index is 1.35. The Morgan fingerprint density at radius 1 is 0.944 bits per heavy atom. The molecule has 3 amide bonds. The van der Waals surface area contributed by atoms with Gasteiger partial charge in [-0.05, 0) is 42.5 Å². The summed E-state index contributed by atoms with van der Waals surface area (Å²) in [5.74, 6) is -0.809. The molecule has 0 radical (unpaired) electrons. The molecule has 2 saturated heterocycles. The molecule has 1 unspecified atom stereocenters. The van der Waals surface area contributed by atoms with Crippen LogP contribution in [-0.2, 0) is 16.1 Å². The second-order valence-corrected chi connectivity index (χ2v) is 8.91. The molecule has 2 fully saturated rings. The molecule has 2 aliphatic heterocycles. The minimum atomic E-state index is -1.03. The van der Waals surface area contributed by atoms with E-state index in [1.54, 1.807) is 47.4 Å². The molecule has 3 heterocycles. The zero-order valence-corrected chi connectivity index (χ0v) is 19.6. The van der Waals surface area contributed by atoms with Gasteiger partial charge in [-0.1, -0.05) is 24.3 Å². The minimum Gasteiger partial charge on any atom is -0.467 e. The van der Waals surface area contributed by atoms with Crippen molar-refractivity contribution in [3.05, 3.63) is 95.7 Å². The molecular formula is C27H26FN3O5. The molecule has 5 rings (SSSR count). The van der Waals surface area contributed by atoms with Crippen LogP contribution >= 0.6 is 0 Å². The summed E-state index contributed by atoms with van der Waals surface area (Å²) in [6, 6.07) is 17.0. The van der Waals surface area contributed by atoms with Gasteiger partial charge in [0.2, 0.25) is 5.91 Å². The Labute approximate surface area is 207 Å². The number of nitrogens with one attached hydrogen (secondary N) is 1. The van der Waals surface area contributed by atoms with Gasteiger partial charge in [0.25, 0.3) is 11.8 Å². The lowest BCUT2D eigenvalue weighted by Gasteiger charge is -2.44. The van der Waals surface area contributed by atoms with E-state index in [4.69, 9.17) is 9.15 Å². The number of hydrogen-bond acceptors (Lipinski definition) is 5. The number of rotatable bonds is 5. The van der Waals surface area contributed by atoms with Crippen molar-refractivity contribution >= 4 is 17.7 Å². The number of amides is 3. The highest BCUT2D eigenvalue weighted by atomic mass is 19.1. The molecular weight excluding hydrogens is 465 g/mol. The Bertz CT molecular complexity index is 1240. The fraction of sp³-hybridized carbons (Fsp3) is 0.296. The van der Waals surface area contributed by atoms with Gasteiger partial charge in [-0.2, -0.15) is 0 Å². The SMILES string of the molecule is O=C(NCc1ccco1)C1COC2(CCN(C(=O)c3cccc(F)c3)CC2)N1C(=O)c1ccccc1. The third kappa shape index (κ3) is 4.61. The summed E-state index contributed by atoms with van der Waals surface area (Å²) in [5, 5.41) is 2.83. The molecule has 0 saturated carbocycles. The number of furan rings is 1. The quantitative estimate of drug-likeness (QED) is 0.592. The number of likely N-dealkylation sites (tertiary alicyclic amines) is 1. The molecule has 1 N–H and O–H groups in total. The Hall–Kier alpha value is -3.98. The molecule has 1 aromatic heterocycles. The average Bonchev–Trinajstić information content (AvgIpc) is 3.56. The number of ether oxygens (including phenoxy) is 1. The van der Waals surface area contributed by atoms with Gasteiger partial charge >= 0.3 is 0 Å². The standard InChI is InChI=1S/C27H26FN3O5/c28-21-9-4-8-20(16-21)25(33)30-13-11-27(12-14-30)31(26(34)19-6-2-1-3-7-19)23(18-36-27)24(32)29-17-22-10-5-15-35-22/h1-10,15-16,23H,11-14,17-18H2,(H,29,32). The van der Waals surface area contributed by atoms with Crippen LogP contribution in [0.1, 0.15) is 39.3 Å². The van der Waals surface area contributed by atoms with Crippen molar-refractivity contribution in [2.45, 2.75) is 31.2 Å². The summed E-state index contributed by atoms with van der Waals surface area (Å²) in [6.07, 6.45) is 2.18. The second kappa shape index (κ2) is 9.94. The highest BCUT2D eigenvalue weighted by Crippen LogP contribution is 2.38. The van der Waals surface area contributed by atoms with E-state index in [1.807, 2.05) is 6.07 Å². The number of hydrogen-bond donors (Lipinski definition) is 1. The number of carbonyl (C=O) groups is 3. The van der Waals surface area contributed by atoms with E-state index in [-0.39, 0.29) is 36.4 Å². The first-order valence-electron chi connectivity index (χ1n) is 11.8. The van der Waals surface area contributed by atoms with Gasteiger partial charge < -0.3 is 19.4 Å². The first kappa shape index (κ1) is 23.7. The van der Waals surface area contributed by atoms with Gasteiger partial charge in [-0.3, -0.25) is 19.3 Å². The van der Waals surface area contributed by atoms with Crippen molar-refractivity contribution < 1.29 is 27.9 Å². The Morgan fingerprint density at radius 3 is 2.39 bits per heavy atom. The van der Waals surface area contributed by atoms with Crippen LogP contribution in [0.15, 0.2) is 77.4 Å². The monoisotopic (exact) mass is 491 g/mol. The average molecular weight is 492 g/mol. The first-order valence-corrected chi connectivity index (χ1v) is 11.8. The van der Waals surface area contributed by atoms with Crippen LogP contribution in [0.4, 0.5) is 4.39 Å².